The van der Waals surface area contributed by atoms with Gasteiger partial charge in [0.15, 0.2) is 0 Å². The summed E-state index contributed by atoms with van der Waals surface area (Å²) in [5.74, 6) is -0.275. The average Bonchev–Trinajstić information content (AvgIpc) is 2.55. The molecule has 7 nitrogen and oxygen atoms in total. The van der Waals surface area contributed by atoms with Crippen molar-refractivity contribution >= 4 is 11.7 Å². The Hall–Kier alpha value is -3.97. The van der Waals surface area contributed by atoms with Gasteiger partial charge in [-0.2, -0.15) is 0 Å². The summed E-state index contributed by atoms with van der Waals surface area (Å²) in [5.41, 5.74) is -0.0460. The molecule has 7 heteroatoms. The predicted octanol–water partition coefficient (Wildman–Crippen LogP) is 2.75. The number of ether oxygens (including phenoxy) is 3. The SMILES string of the molecule is C#COc1cc(OC#C)cc(C(=O)Oc2ccc([N+](=O)[O-])cc2)c1. The lowest BCUT2D eigenvalue weighted by atomic mass is 10.2. The minimum Gasteiger partial charge on any atom is -0.423 e. The summed E-state index contributed by atoms with van der Waals surface area (Å²) >= 11 is 0. The third kappa shape index (κ3) is 4.03. The molecule has 118 valence electrons. The molecule has 0 saturated carbocycles. The minimum absolute atomic E-state index is 0.0753. The van der Waals surface area contributed by atoms with Crippen molar-refractivity contribution in [2.75, 3.05) is 0 Å². The van der Waals surface area contributed by atoms with E-state index >= 15 is 0 Å². The highest BCUT2D eigenvalue weighted by Gasteiger charge is 2.14. The fraction of sp³-hybridized carbons (Fsp3) is 0. The first-order valence-corrected chi connectivity index (χ1v) is 6.40. The third-order valence-corrected chi connectivity index (χ3v) is 2.73. The van der Waals surface area contributed by atoms with Crippen LogP contribution in [0.3, 0.4) is 0 Å². The summed E-state index contributed by atoms with van der Waals surface area (Å²) in [5, 5.41) is 10.6. The van der Waals surface area contributed by atoms with Crippen molar-refractivity contribution in [3.63, 3.8) is 0 Å². The van der Waals surface area contributed by atoms with Crippen LogP contribution in [0.25, 0.3) is 0 Å². The fourth-order valence-electron chi connectivity index (χ4n) is 1.75. The Morgan fingerprint density at radius 2 is 1.50 bits per heavy atom. The van der Waals surface area contributed by atoms with E-state index in [4.69, 9.17) is 27.1 Å². The number of carbonyl (C=O) groups excluding carboxylic acids is 1. The number of hydrogen-bond donors (Lipinski definition) is 0. The van der Waals surface area contributed by atoms with E-state index in [2.05, 4.69) is 0 Å². The Balaban J connectivity index is 2.23. The van der Waals surface area contributed by atoms with Crippen molar-refractivity contribution in [3.8, 4) is 42.3 Å². The lowest BCUT2D eigenvalue weighted by Gasteiger charge is -2.07. The molecule has 0 aliphatic carbocycles. The van der Waals surface area contributed by atoms with Gasteiger partial charge in [-0.3, -0.25) is 10.1 Å². The Morgan fingerprint density at radius 1 is 0.958 bits per heavy atom. The predicted molar refractivity (Wildman–Crippen MR) is 83.4 cm³/mol. The highest BCUT2D eigenvalue weighted by molar-refractivity contribution is 5.92. The number of nitro groups is 1. The number of terminal acetylenes is 2. The third-order valence-electron chi connectivity index (χ3n) is 2.73. The largest absolute Gasteiger partial charge is 0.423 e. The second-order valence-corrected chi connectivity index (χ2v) is 4.27. The van der Waals surface area contributed by atoms with Crippen LogP contribution >= 0.6 is 0 Å². The van der Waals surface area contributed by atoms with Crippen LogP contribution < -0.4 is 14.2 Å². The molecule has 0 spiro atoms. The van der Waals surface area contributed by atoms with Gasteiger partial charge in [-0.05, 0) is 24.3 Å². The Labute approximate surface area is 136 Å². The number of rotatable bonds is 5. The molecule has 0 heterocycles. The molecule has 0 aliphatic heterocycles. The molecule has 2 aromatic carbocycles. The highest BCUT2D eigenvalue weighted by atomic mass is 16.6. The Bertz CT molecular complexity index is 824. The van der Waals surface area contributed by atoms with E-state index in [1.54, 1.807) is 0 Å². The van der Waals surface area contributed by atoms with E-state index in [9.17, 15) is 14.9 Å². The Morgan fingerprint density at radius 3 is 1.96 bits per heavy atom. The van der Waals surface area contributed by atoms with Crippen molar-refractivity contribution in [2.24, 2.45) is 0 Å². The van der Waals surface area contributed by atoms with Crippen LogP contribution in [0.4, 0.5) is 5.69 Å². The first kappa shape index (κ1) is 16.4. The van der Waals surface area contributed by atoms with Crippen LogP contribution in [0.1, 0.15) is 10.4 Å². The second kappa shape index (κ2) is 7.34. The van der Waals surface area contributed by atoms with Gasteiger partial charge in [0.25, 0.3) is 5.69 Å². The van der Waals surface area contributed by atoms with Gasteiger partial charge >= 0.3 is 5.97 Å². The number of non-ortho nitro benzene ring substituents is 1. The monoisotopic (exact) mass is 323 g/mol. The molecule has 0 amide bonds. The summed E-state index contributed by atoms with van der Waals surface area (Å²) in [4.78, 5) is 22.2. The maximum atomic E-state index is 12.2. The first-order chi connectivity index (χ1) is 11.5. The van der Waals surface area contributed by atoms with Crippen LogP contribution in [0, 0.1) is 35.2 Å². The zero-order valence-corrected chi connectivity index (χ0v) is 12.1. The zero-order valence-electron chi connectivity index (χ0n) is 12.1. The molecular weight excluding hydrogens is 314 g/mol. The van der Waals surface area contributed by atoms with Crippen LogP contribution in [0.5, 0.6) is 17.2 Å². The molecule has 0 fully saturated rings. The highest BCUT2D eigenvalue weighted by Crippen LogP contribution is 2.25. The lowest BCUT2D eigenvalue weighted by Crippen LogP contribution is -2.09. The smallest absolute Gasteiger partial charge is 0.343 e. The van der Waals surface area contributed by atoms with Gasteiger partial charge in [-0.15, -0.1) is 0 Å². The van der Waals surface area contributed by atoms with E-state index in [0.717, 1.165) is 0 Å². The quantitative estimate of drug-likeness (QED) is 0.276. The van der Waals surface area contributed by atoms with Gasteiger partial charge in [-0.1, -0.05) is 12.8 Å². The molecule has 0 aromatic heterocycles. The van der Waals surface area contributed by atoms with Crippen LogP contribution in [0.15, 0.2) is 42.5 Å². The number of hydrogen-bond acceptors (Lipinski definition) is 6. The number of nitrogens with zero attached hydrogens (tertiary/aromatic N) is 1. The van der Waals surface area contributed by atoms with Crippen LogP contribution in [-0.2, 0) is 0 Å². The van der Waals surface area contributed by atoms with Crippen molar-refractivity contribution in [1.29, 1.82) is 0 Å². The topological polar surface area (TPSA) is 87.9 Å². The van der Waals surface area contributed by atoms with Crippen molar-refractivity contribution in [2.45, 2.75) is 0 Å². The maximum Gasteiger partial charge on any atom is 0.343 e. The van der Waals surface area contributed by atoms with Gasteiger partial charge in [-0.25, -0.2) is 4.79 Å². The molecule has 0 atom stereocenters. The van der Waals surface area contributed by atoms with Crippen LogP contribution in [0.2, 0.25) is 0 Å². The van der Waals surface area contributed by atoms with Gasteiger partial charge in [0.05, 0.1) is 10.5 Å². The molecule has 0 saturated heterocycles. The van der Waals surface area contributed by atoms with E-state index in [-0.39, 0.29) is 28.5 Å². The lowest BCUT2D eigenvalue weighted by molar-refractivity contribution is -0.384. The Kier molecular flexibility index (Phi) is 5.02. The standard InChI is InChI=1S/C17H9NO6/c1-3-22-15-9-12(10-16(11-15)23-4-2)17(19)24-14-7-5-13(6-8-14)18(20)21/h1-2,5-11H. The molecule has 24 heavy (non-hydrogen) atoms. The van der Waals surface area contributed by atoms with Crippen LogP contribution in [-0.4, -0.2) is 10.9 Å². The second-order valence-electron chi connectivity index (χ2n) is 4.27. The zero-order chi connectivity index (χ0) is 17.5. The fourth-order valence-corrected chi connectivity index (χ4v) is 1.75. The number of esters is 1. The summed E-state index contributed by atoms with van der Waals surface area (Å²) in [7, 11) is 0. The number of carbonyl (C=O) groups is 1. The molecule has 0 bridgehead atoms. The summed E-state index contributed by atoms with van der Waals surface area (Å²) in [6.45, 7) is 0. The molecule has 2 aromatic rings. The normalized spacial score (nSPS) is 9.25. The van der Waals surface area contributed by atoms with Crippen molar-refractivity contribution in [1.82, 2.24) is 0 Å². The number of benzene rings is 2. The first-order valence-electron chi connectivity index (χ1n) is 6.40. The van der Waals surface area contributed by atoms with Crippen molar-refractivity contribution < 1.29 is 23.9 Å². The molecule has 0 unspecified atom stereocenters. The van der Waals surface area contributed by atoms with E-state index < -0.39 is 10.9 Å². The van der Waals surface area contributed by atoms with Crippen molar-refractivity contribution in [3.05, 3.63) is 58.1 Å². The average molecular weight is 323 g/mol. The molecule has 0 N–H and O–H groups in total. The molecular formula is C17H9NO6. The minimum atomic E-state index is -0.742. The summed E-state index contributed by atoms with van der Waals surface area (Å²) in [6, 6.07) is 9.13. The number of nitro benzene ring substituents is 1. The van der Waals surface area contributed by atoms with E-state index in [1.807, 2.05) is 12.2 Å². The van der Waals surface area contributed by atoms with Gasteiger partial charge in [0.2, 0.25) is 0 Å². The van der Waals surface area contributed by atoms with E-state index in [0.29, 0.717) is 0 Å². The summed E-state index contributed by atoms with van der Waals surface area (Å²) < 4.78 is 14.9. The maximum absolute atomic E-state index is 12.2. The van der Waals surface area contributed by atoms with Gasteiger partial charge in [0.1, 0.15) is 29.5 Å². The summed E-state index contributed by atoms with van der Waals surface area (Å²) in [6.07, 6.45) is 14.0. The van der Waals surface area contributed by atoms with Gasteiger partial charge in [0, 0.05) is 18.2 Å². The molecule has 0 radical (unpaired) electrons. The molecule has 0 aliphatic rings. The van der Waals surface area contributed by atoms with Gasteiger partial charge < -0.3 is 14.2 Å². The van der Waals surface area contributed by atoms with E-state index in [1.165, 1.54) is 42.5 Å². The molecule has 2 rings (SSSR count).